The molecule has 0 bridgehead atoms. The van der Waals surface area contributed by atoms with Gasteiger partial charge in [-0.15, -0.1) is 0 Å². The number of pyridine rings is 1. The summed E-state index contributed by atoms with van der Waals surface area (Å²) in [5, 5.41) is 5.44. The van der Waals surface area contributed by atoms with Gasteiger partial charge in [-0.25, -0.2) is 19.0 Å². The molecule has 0 spiro atoms. The minimum atomic E-state index is -0.699. The molecule has 1 aliphatic carbocycles. The number of hydrogen-bond donors (Lipinski definition) is 2. The molecule has 1 saturated carbocycles. The molecule has 3 aromatic rings. The highest BCUT2D eigenvalue weighted by molar-refractivity contribution is 9.10. The van der Waals surface area contributed by atoms with Gasteiger partial charge in [0.05, 0.1) is 11.1 Å². The number of rotatable bonds is 9. The Labute approximate surface area is 228 Å². The summed E-state index contributed by atoms with van der Waals surface area (Å²) in [7, 11) is 3.69. The largest absolute Gasteiger partial charge is 0.422 e. The van der Waals surface area contributed by atoms with Crippen molar-refractivity contribution >= 4 is 45.2 Å². The van der Waals surface area contributed by atoms with Crippen molar-refractivity contribution in [1.29, 1.82) is 0 Å². The number of ketones is 1. The van der Waals surface area contributed by atoms with Crippen LogP contribution in [-0.4, -0.2) is 42.9 Å². The molecular formula is C28H28BrFN4O4. The molecule has 4 rings (SSSR count). The maximum atomic E-state index is 15.2. The standard InChI is InChI=1S/C28H28BrFN4O4/c1-4-6-23(35)19-10-11-21(30)25(26(19)38-27(36)16-7-5-8-18(13-16)34(2)3)20-14-22(20)32-28(37)33-24-12-9-17(29)15-31-24/h5,7-13,15,20,22H,4,6,14H2,1-3H3,(H2,31,32,33,37)/t20-,22+/m1/s1. The van der Waals surface area contributed by atoms with Crippen molar-refractivity contribution < 1.29 is 23.5 Å². The molecule has 1 heterocycles. The van der Waals surface area contributed by atoms with Crippen molar-refractivity contribution in [2.24, 2.45) is 0 Å². The van der Waals surface area contributed by atoms with Crippen molar-refractivity contribution in [1.82, 2.24) is 10.3 Å². The number of carbonyl (C=O) groups is 3. The molecular weight excluding hydrogens is 555 g/mol. The number of ether oxygens (including phenoxy) is 1. The number of halogens is 2. The Bertz CT molecular complexity index is 1360. The zero-order valence-electron chi connectivity index (χ0n) is 21.3. The topological polar surface area (TPSA) is 101 Å². The highest BCUT2D eigenvalue weighted by atomic mass is 79.9. The lowest BCUT2D eigenvalue weighted by molar-refractivity contribution is 0.0730. The van der Waals surface area contributed by atoms with Crippen molar-refractivity contribution in [3.8, 4) is 5.75 Å². The fourth-order valence-corrected chi connectivity index (χ4v) is 4.35. The van der Waals surface area contributed by atoms with Gasteiger partial charge in [-0.1, -0.05) is 13.0 Å². The van der Waals surface area contributed by atoms with Gasteiger partial charge < -0.3 is 15.0 Å². The van der Waals surface area contributed by atoms with Gasteiger partial charge in [-0.2, -0.15) is 0 Å². The van der Waals surface area contributed by atoms with Gasteiger partial charge in [0.15, 0.2) is 5.78 Å². The van der Waals surface area contributed by atoms with Gasteiger partial charge in [0.25, 0.3) is 0 Å². The SMILES string of the molecule is CCCC(=O)c1ccc(F)c([C@@H]2C[C@@H]2NC(=O)Nc2ccc(Br)cn2)c1OC(=O)c1cccc(N(C)C)c1. The number of nitrogens with one attached hydrogen (secondary N) is 2. The number of Topliss-reactive ketones (excluding diaryl/α,β-unsaturated/α-hetero) is 1. The van der Waals surface area contributed by atoms with Crippen molar-refractivity contribution in [3.63, 3.8) is 0 Å². The molecule has 2 amide bonds. The maximum absolute atomic E-state index is 15.2. The normalized spacial score (nSPS) is 15.9. The molecule has 0 radical (unpaired) electrons. The number of esters is 1. The molecule has 8 nitrogen and oxygen atoms in total. The van der Waals surface area contributed by atoms with Crippen LogP contribution >= 0.6 is 15.9 Å². The van der Waals surface area contributed by atoms with Gasteiger partial charge in [0.1, 0.15) is 17.4 Å². The second-order valence-electron chi connectivity index (χ2n) is 9.25. The number of benzene rings is 2. The summed E-state index contributed by atoms with van der Waals surface area (Å²) in [6, 6.07) is 11.9. The number of hydrogen-bond acceptors (Lipinski definition) is 6. The fraction of sp³-hybridized carbons (Fsp3) is 0.286. The second-order valence-corrected chi connectivity index (χ2v) is 10.2. The third-order valence-electron chi connectivity index (χ3n) is 6.16. The van der Waals surface area contributed by atoms with Crippen molar-refractivity contribution in [2.75, 3.05) is 24.3 Å². The molecule has 1 aliphatic rings. The minimum Gasteiger partial charge on any atom is -0.422 e. The summed E-state index contributed by atoms with van der Waals surface area (Å²) in [6.07, 6.45) is 2.78. The van der Waals surface area contributed by atoms with E-state index in [1.165, 1.54) is 12.1 Å². The molecule has 38 heavy (non-hydrogen) atoms. The molecule has 10 heteroatoms. The van der Waals surface area contributed by atoms with Crippen LogP contribution < -0.4 is 20.3 Å². The molecule has 198 valence electrons. The lowest BCUT2D eigenvalue weighted by Crippen LogP contribution is -2.31. The molecule has 1 aromatic heterocycles. The first kappa shape index (κ1) is 27.3. The Morgan fingerprint density at radius 2 is 1.95 bits per heavy atom. The van der Waals surface area contributed by atoms with E-state index in [0.717, 1.165) is 10.2 Å². The zero-order valence-corrected chi connectivity index (χ0v) is 22.8. The van der Waals surface area contributed by atoms with E-state index in [2.05, 4.69) is 31.5 Å². The van der Waals surface area contributed by atoms with Gasteiger partial charge in [0, 0.05) is 54.4 Å². The summed E-state index contributed by atoms with van der Waals surface area (Å²) in [5.41, 5.74) is 1.32. The maximum Gasteiger partial charge on any atom is 0.343 e. The van der Waals surface area contributed by atoms with Crippen LogP contribution in [0.25, 0.3) is 0 Å². The number of nitrogens with zero attached hydrogens (tertiary/aromatic N) is 2. The minimum absolute atomic E-state index is 0.0898. The van der Waals surface area contributed by atoms with E-state index in [1.54, 1.807) is 36.5 Å². The molecule has 2 N–H and O–H groups in total. The van der Waals surface area contributed by atoms with Gasteiger partial charge in [0.2, 0.25) is 0 Å². The summed E-state index contributed by atoms with van der Waals surface area (Å²) in [4.78, 5) is 44.5. The van der Waals surface area contributed by atoms with E-state index in [-0.39, 0.29) is 34.6 Å². The van der Waals surface area contributed by atoms with Crippen LogP contribution in [0.5, 0.6) is 5.75 Å². The number of anilines is 2. The third kappa shape index (κ3) is 6.36. The van der Waals surface area contributed by atoms with Crippen LogP contribution in [0.15, 0.2) is 59.2 Å². The number of aromatic nitrogens is 1. The first-order valence-electron chi connectivity index (χ1n) is 12.2. The van der Waals surface area contributed by atoms with Crippen LogP contribution in [0.4, 0.5) is 20.7 Å². The van der Waals surface area contributed by atoms with E-state index in [0.29, 0.717) is 18.7 Å². The van der Waals surface area contributed by atoms with Crippen LogP contribution in [0.3, 0.4) is 0 Å². The first-order chi connectivity index (χ1) is 18.2. The Balaban J connectivity index is 1.59. The van der Waals surface area contributed by atoms with E-state index < -0.39 is 29.8 Å². The predicted octanol–water partition coefficient (Wildman–Crippen LogP) is 5.93. The average Bonchev–Trinajstić information content (AvgIpc) is 3.63. The smallest absolute Gasteiger partial charge is 0.343 e. The number of carbonyl (C=O) groups excluding carboxylic acids is 3. The van der Waals surface area contributed by atoms with Crippen LogP contribution in [0, 0.1) is 5.82 Å². The summed E-state index contributed by atoms with van der Waals surface area (Å²) < 4.78 is 21.8. The summed E-state index contributed by atoms with van der Waals surface area (Å²) in [5.74, 6) is -1.75. The molecule has 0 aliphatic heterocycles. The average molecular weight is 583 g/mol. The molecule has 1 fully saturated rings. The highest BCUT2D eigenvalue weighted by Gasteiger charge is 2.44. The Hall–Kier alpha value is -3.79. The quantitative estimate of drug-likeness (QED) is 0.184. The van der Waals surface area contributed by atoms with E-state index >= 15 is 4.39 Å². The van der Waals surface area contributed by atoms with Crippen LogP contribution in [0.2, 0.25) is 0 Å². The second kappa shape index (κ2) is 11.7. The summed E-state index contributed by atoms with van der Waals surface area (Å²) in [6.45, 7) is 1.86. The monoisotopic (exact) mass is 582 g/mol. The Kier molecular flexibility index (Phi) is 8.41. The predicted molar refractivity (Wildman–Crippen MR) is 147 cm³/mol. The summed E-state index contributed by atoms with van der Waals surface area (Å²) >= 11 is 3.29. The Morgan fingerprint density at radius 3 is 2.63 bits per heavy atom. The lowest BCUT2D eigenvalue weighted by atomic mass is 9.99. The van der Waals surface area contributed by atoms with Crippen molar-refractivity contribution in [3.05, 3.63) is 81.7 Å². The van der Waals surface area contributed by atoms with E-state index in [1.807, 2.05) is 32.0 Å². The lowest BCUT2D eigenvalue weighted by Gasteiger charge is -2.17. The molecule has 2 aromatic carbocycles. The Morgan fingerprint density at radius 1 is 1.16 bits per heavy atom. The third-order valence-corrected chi connectivity index (χ3v) is 6.63. The number of urea groups is 1. The van der Waals surface area contributed by atoms with Crippen LogP contribution in [-0.2, 0) is 0 Å². The van der Waals surface area contributed by atoms with Gasteiger partial charge in [-0.3, -0.25) is 10.1 Å². The zero-order chi connectivity index (χ0) is 27.4. The number of amides is 2. The van der Waals surface area contributed by atoms with Crippen LogP contribution in [0.1, 0.15) is 58.4 Å². The van der Waals surface area contributed by atoms with E-state index in [9.17, 15) is 14.4 Å². The first-order valence-corrected chi connectivity index (χ1v) is 13.0. The molecule has 2 atom stereocenters. The van der Waals surface area contributed by atoms with Crippen molar-refractivity contribution in [2.45, 2.75) is 38.1 Å². The molecule has 0 unspecified atom stereocenters. The molecule has 0 saturated heterocycles. The van der Waals surface area contributed by atoms with Gasteiger partial charge in [-0.05, 0) is 71.2 Å². The van der Waals surface area contributed by atoms with E-state index in [4.69, 9.17) is 4.74 Å². The highest BCUT2D eigenvalue weighted by Crippen LogP contribution is 2.47. The fourth-order valence-electron chi connectivity index (χ4n) is 4.12. The van der Waals surface area contributed by atoms with Gasteiger partial charge >= 0.3 is 12.0 Å².